The van der Waals surface area contributed by atoms with Gasteiger partial charge in [0.25, 0.3) is 5.91 Å². The molecule has 16 heavy (non-hydrogen) atoms. The van der Waals surface area contributed by atoms with Crippen LogP contribution in [-0.2, 0) is 0 Å². The van der Waals surface area contributed by atoms with Gasteiger partial charge >= 0.3 is 0 Å². The summed E-state index contributed by atoms with van der Waals surface area (Å²) in [4.78, 5) is 13.6. The van der Waals surface area contributed by atoms with Crippen molar-refractivity contribution < 1.29 is 9.90 Å². The van der Waals surface area contributed by atoms with Crippen LogP contribution >= 0.6 is 11.6 Å². The van der Waals surface area contributed by atoms with Crippen molar-refractivity contribution in [2.24, 2.45) is 5.92 Å². The molecule has 2 rings (SSSR count). The lowest BCUT2D eigenvalue weighted by molar-refractivity contribution is 0.0363. The van der Waals surface area contributed by atoms with Gasteiger partial charge in [-0.3, -0.25) is 4.79 Å². The van der Waals surface area contributed by atoms with Crippen LogP contribution in [0.2, 0.25) is 5.02 Å². The maximum absolute atomic E-state index is 11.9. The summed E-state index contributed by atoms with van der Waals surface area (Å²) in [5.41, 5.74) is 6.59. The maximum atomic E-state index is 11.9. The Kier molecular flexibility index (Phi) is 3.03. The summed E-state index contributed by atoms with van der Waals surface area (Å²) < 4.78 is 0. The van der Waals surface area contributed by atoms with E-state index in [1.807, 2.05) is 0 Å². The van der Waals surface area contributed by atoms with Gasteiger partial charge in [0.05, 0.1) is 5.56 Å². The minimum absolute atomic E-state index is 0.0983. The third-order valence-corrected chi connectivity index (χ3v) is 2.98. The van der Waals surface area contributed by atoms with Gasteiger partial charge in [-0.1, -0.05) is 11.6 Å². The summed E-state index contributed by atoms with van der Waals surface area (Å²) in [6.45, 7) is 1.31. The fourth-order valence-electron chi connectivity index (χ4n) is 1.75. The van der Waals surface area contributed by atoms with E-state index in [-0.39, 0.29) is 18.4 Å². The molecule has 1 aliphatic rings. The Labute approximate surface area is 98.6 Å². The van der Waals surface area contributed by atoms with Crippen molar-refractivity contribution in [3.8, 4) is 0 Å². The molecule has 0 radical (unpaired) electrons. The summed E-state index contributed by atoms with van der Waals surface area (Å²) in [5, 5.41) is 9.39. The first-order chi connectivity index (χ1) is 7.61. The van der Waals surface area contributed by atoms with Gasteiger partial charge < -0.3 is 15.7 Å². The molecule has 1 aromatic rings. The van der Waals surface area contributed by atoms with Crippen molar-refractivity contribution >= 4 is 23.2 Å². The van der Waals surface area contributed by atoms with E-state index in [0.29, 0.717) is 29.4 Å². The van der Waals surface area contributed by atoms with Crippen molar-refractivity contribution in [1.82, 2.24) is 4.90 Å². The monoisotopic (exact) mass is 240 g/mol. The molecule has 1 heterocycles. The second-order valence-corrected chi connectivity index (χ2v) is 4.43. The van der Waals surface area contributed by atoms with Gasteiger partial charge in [-0.15, -0.1) is 0 Å². The van der Waals surface area contributed by atoms with Crippen LogP contribution in [0.25, 0.3) is 0 Å². The van der Waals surface area contributed by atoms with E-state index in [1.165, 1.54) is 0 Å². The van der Waals surface area contributed by atoms with Crippen molar-refractivity contribution in [1.29, 1.82) is 0 Å². The molecular formula is C11H13ClN2O2. The molecule has 1 aromatic carbocycles. The standard InChI is InChI=1S/C11H13ClN2O2/c12-8-1-2-9(10(13)3-8)11(16)14-4-7(5-14)6-15/h1-3,7,15H,4-6,13H2. The number of hydrogen-bond acceptors (Lipinski definition) is 3. The average Bonchev–Trinajstić information content (AvgIpc) is 2.15. The molecular weight excluding hydrogens is 228 g/mol. The second-order valence-electron chi connectivity index (χ2n) is 3.99. The third kappa shape index (κ3) is 1.99. The molecule has 1 saturated heterocycles. The van der Waals surface area contributed by atoms with E-state index in [4.69, 9.17) is 22.4 Å². The predicted octanol–water partition coefficient (Wildman–Crippen LogP) is 0.987. The lowest BCUT2D eigenvalue weighted by Crippen LogP contribution is -2.51. The topological polar surface area (TPSA) is 66.6 Å². The Bertz CT molecular complexity index is 416. The van der Waals surface area contributed by atoms with Crippen LogP contribution in [0.5, 0.6) is 0 Å². The number of amides is 1. The first-order valence-electron chi connectivity index (χ1n) is 5.07. The van der Waals surface area contributed by atoms with Gasteiger partial charge in [-0.25, -0.2) is 0 Å². The van der Waals surface area contributed by atoms with Crippen LogP contribution in [0, 0.1) is 5.92 Å². The van der Waals surface area contributed by atoms with E-state index in [0.717, 1.165) is 0 Å². The molecule has 0 aliphatic carbocycles. The molecule has 1 amide bonds. The van der Waals surface area contributed by atoms with E-state index in [2.05, 4.69) is 0 Å². The van der Waals surface area contributed by atoms with E-state index in [1.54, 1.807) is 23.1 Å². The number of anilines is 1. The number of rotatable bonds is 2. The minimum atomic E-state index is -0.0983. The molecule has 5 heteroatoms. The van der Waals surface area contributed by atoms with E-state index in [9.17, 15) is 4.79 Å². The number of hydrogen-bond donors (Lipinski definition) is 2. The lowest BCUT2D eigenvalue weighted by Gasteiger charge is -2.38. The number of aliphatic hydroxyl groups excluding tert-OH is 1. The second kappa shape index (κ2) is 4.31. The Morgan fingerprint density at radius 1 is 1.56 bits per heavy atom. The highest BCUT2D eigenvalue weighted by molar-refractivity contribution is 6.31. The molecule has 0 spiro atoms. The smallest absolute Gasteiger partial charge is 0.255 e. The molecule has 0 bridgehead atoms. The van der Waals surface area contributed by atoms with Crippen LogP contribution < -0.4 is 5.73 Å². The van der Waals surface area contributed by atoms with Crippen LogP contribution in [0.1, 0.15) is 10.4 Å². The Balaban J connectivity index is 2.10. The molecule has 0 aromatic heterocycles. The first-order valence-corrected chi connectivity index (χ1v) is 5.44. The maximum Gasteiger partial charge on any atom is 0.255 e. The van der Waals surface area contributed by atoms with Crippen LogP contribution in [-0.4, -0.2) is 35.6 Å². The number of likely N-dealkylation sites (tertiary alicyclic amines) is 1. The quantitative estimate of drug-likeness (QED) is 0.758. The molecule has 3 N–H and O–H groups in total. The Morgan fingerprint density at radius 2 is 2.25 bits per heavy atom. The van der Waals surface area contributed by atoms with Crippen molar-refractivity contribution in [3.05, 3.63) is 28.8 Å². The highest BCUT2D eigenvalue weighted by Gasteiger charge is 2.31. The number of nitrogens with two attached hydrogens (primary N) is 1. The van der Waals surface area contributed by atoms with Gasteiger partial charge in [0.1, 0.15) is 0 Å². The highest BCUT2D eigenvalue weighted by atomic mass is 35.5. The average molecular weight is 241 g/mol. The number of carbonyl (C=O) groups is 1. The van der Waals surface area contributed by atoms with Crippen molar-refractivity contribution in [2.75, 3.05) is 25.4 Å². The zero-order valence-electron chi connectivity index (χ0n) is 8.69. The van der Waals surface area contributed by atoms with Gasteiger partial charge in [-0.2, -0.15) is 0 Å². The van der Waals surface area contributed by atoms with Crippen LogP contribution in [0.15, 0.2) is 18.2 Å². The minimum Gasteiger partial charge on any atom is -0.398 e. The summed E-state index contributed by atoms with van der Waals surface area (Å²) in [6.07, 6.45) is 0. The SMILES string of the molecule is Nc1cc(Cl)ccc1C(=O)N1CC(CO)C1. The van der Waals surface area contributed by atoms with Gasteiger partial charge in [0, 0.05) is 36.3 Å². The zero-order chi connectivity index (χ0) is 11.7. The van der Waals surface area contributed by atoms with Crippen molar-refractivity contribution in [2.45, 2.75) is 0 Å². The number of nitrogens with zero attached hydrogens (tertiary/aromatic N) is 1. The molecule has 0 saturated carbocycles. The van der Waals surface area contributed by atoms with Gasteiger partial charge in [0.2, 0.25) is 0 Å². The number of benzene rings is 1. The highest BCUT2D eigenvalue weighted by Crippen LogP contribution is 2.23. The summed E-state index contributed by atoms with van der Waals surface area (Å²) in [7, 11) is 0. The molecule has 86 valence electrons. The van der Waals surface area contributed by atoms with Crippen LogP contribution in [0.3, 0.4) is 0 Å². The fourth-order valence-corrected chi connectivity index (χ4v) is 1.93. The summed E-state index contributed by atoms with van der Waals surface area (Å²) >= 11 is 5.76. The first kappa shape index (κ1) is 11.2. The molecule has 0 atom stereocenters. The fraction of sp³-hybridized carbons (Fsp3) is 0.364. The predicted molar refractivity (Wildman–Crippen MR) is 62.3 cm³/mol. The van der Waals surface area contributed by atoms with Gasteiger partial charge in [-0.05, 0) is 18.2 Å². The molecule has 1 aliphatic heterocycles. The summed E-state index contributed by atoms with van der Waals surface area (Å²) in [6, 6.07) is 4.85. The largest absolute Gasteiger partial charge is 0.398 e. The summed E-state index contributed by atoms with van der Waals surface area (Å²) in [5.74, 6) is 0.108. The molecule has 4 nitrogen and oxygen atoms in total. The zero-order valence-corrected chi connectivity index (χ0v) is 9.44. The van der Waals surface area contributed by atoms with E-state index < -0.39 is 0 Å². The third-order valence-electron chi connectivity index (χ3n) is 2.75. The lowest BCUT2D eigenvalue weighted by atomic mass is 9.99. The van der Waals surface area contributed by atoms with E-state index >= 15 is 0 Å². The Morgan fingerprint density at radius 3 is 2.81 bits per heavy atom. The van der Waals surface area contributed by atoms with Gasteiger partial charge in [0.15, 0.2) is 0 Å². The molecule has 0 unspecified atom stereocenters. The number of carbonyl (C=O) groups excluding carboxylic acids is 1. The molecule has 1 fully saturated rings. The number of nitrogen functional groups attached to an aromatic ring is 1. The number of halogens is 1. The Hall–Kier alpha value is -1.26. The normalized spacial score (nSPS) is 16.0. The van der Waals surface area contributed by atoms with Crippen LogP contribution in [0.4, 0.5) is 5.69 Å². The van der Waals surface area contributed by atoms with Crippen molar-refractivity contribution in [3.63, 3.8) is 0 Å². The number of aliphatic hydroxyl groups is 1.